The van der Waals surface area contributed by atoms with Crippen LogP contribution in [0.15, 0.2) is 21.3 Å². The summed E-state index contributed by atoms with van der Waals surface area (Å²) in [6, 6.07) is 2.66. The summed E-state index contributed by atoms with van der Waals surface area (Å²) in [5.41, 5.74) is 1.02. The van der Waals surface area contributed by atoms with Gasteiger partial charge in [-0.15, -0.1) is 0 Å². The highest BCUT2D eigenvalue weighted by Gasteiger charge is 2.35. The van der Waals surface area contributed by atoms with E-state index < -0.39 is 0 Å². The maximum atomic E-state index is 5.37. The highest BCUT2D eigenvalue weighted by atomic mass is 32.1. The molecule has 2 aromatic rings. The van der Waals surface area contributed by atoms with Crippen molar-refractivity contribution >= 4 is 11.3 Å². The SMILES string of the molecule is c1cc(-c2nc(CN3CCCC4CNCC43)no2)cs1. The fourth-order valence-electron chi connectivity index (χ4n) is 3.36. The number of thiophene rings is 1. The molecule has 0 bridgehead atoms. The van der Waals surface area contributed by atoms with E-state index in [0.717, 1.165) is 43.5 Å². The van der Waals surface area contributed by atoms with E-state index in [-0.39, 0.29) is 0 Å². The van der Waals surface area contributed by atoms with Crippen molar-refractivity contribution in [3.63, 3.8) is 0 Å². The predicted octanol–water partition coefficient (Wildman–Crippen LogP) is 1.98. The van der Waals surface area contributed by atoms with Crippen LogP contribution in [0.3, 0.4) is 0 Å². The van der Waals surface area contributed by atoms with Gasteiger partial charge in [0, 0.05) is 18.0 Å². The Labute approximate surface area is 122 Å². The Morgan fingerprint density at radius 2 is 2.45 bits per heavy atom. The molecule has 106 valence electrons. The monoisotopic (exact) mass is 290 g/mol. The molecule has 2 aliphatic heterocycles. The zero-order valence-electron chi connectivity index (χ0n) is 11.3. The van der Waals surface area contributed by atoms with Gasteiger partial charge in [-0.05, 0) is 43.3 Å². The van der Waals surface area contributed by atoms with Gasteiger partial charge >= 0.3 is 0 Å². The maximum absolute atomic E-state index is 5.37. The Hall–Kier alpha value is -1.24. The molecule has 4 heterocycles. The van der Waals surface area contributed by atoms with Gasteiger partial charge in [-0.1, -0.05) is 5.16 Å². The third-order valence-corrected chi connectivity index (χ3v) is 5.06. The molecule has 2 fully saturated rings. The van der Waals surface area contributed by atoms with Crippen molar-refractivity contribution in [3.8, 4) is 11.5 Å². The number of aromatic nitrogens is 2. The van der Waals surface area contributed by atoms with Gasteiger partial charge in [-0.3, -0.25) is 4.90 Å². The zero-order valence-corrected chi connectivity index (χ0v) is 12.1. The summed E-state index contributed by atoms with van der Waals surface area (Å²) in [5.74, 6) is 2.24. The second-order valence-corrected chi connectivity index (χ2v) is 6.41. The van der Waals surface area contributed by atoms with Crippen molar-refractivity contribution in [2.45, 2.75) is 25.4 Å². The maximum Gasteiger partial charge on any atom is 0.258 e. The average molecular weight is 290 g/mol. The van der Waals surface area contributed by atoms with E-state index in [1.807, 2.05) is 16.8 Å². The number of rotatable bonds is 3. The lowest BCUT2D eigenvalue weighted by Gasteiger charge is -2.36. The fourth-order valence-corrected chi connectivity index (χ4v) is 3.99. The van der Waals surface area contributed by atoms with E-state index >= 15 is 0 Å². The zero-order chi connectivity index (χ0) is 13.4. The van der Waals surface area contributed by atoms with Crippen molar-refractivity contribution in [2.75, 3.05) is 19.6 Å². The third kappa shape index (κ3) is 2.28. The number of hydrogen-bond donors (Lipinski definition) is 1. The van der Waals surface area contributed by atoms with Crippen LogP contribution in [-0.4, -0.2) is 40.7 Å². The highest BCUT2D eigenvalue weighted by molar-refractivity contribution is 7.08. The predicted molar refractivity (Wildman–Crippen MR) is 77.4 cm³/mol. The van der Waals surface area contributed by atoms with Crippen molar-refractivity contribution in [2.24, 2.45) is 5.92 Å². The molecule has 0 aliphatic carbocycles. The van der Waals surface area contributed by atoms with Crippen LogP contribution in [0.2, 0.25) is 0 Å². The molecule has 6 heteroatoms. The molecule has 5 nitrogen and oxygen atoms in total. The lowest BCUT2D eigenvalue weighted by molar-refractivity contribution is 0.113. The molecule has 1 N–H and O–H groups in total. The summed E-state index contributed by atoms with van der Waals surface area (Å²) in [7, 11) is 0. The van der Waals surface area contributed by atoms with Crippen LogP contribution in [0.25, 0.3) is 11.5 Å². The van der Waals surface area contributed by atoms with E-state index in [1.54, 1.807) is 11.3 Å². The number of nitrogens with zero attached hydrogens (tertiary/aromatic N) is 3. The first-order valence-electron chi connectivity index (χ1n) is 7.20. The molecule has 2 aromatic heterocycles. The quantitative estimate of drug-likeness (QED) is 0.937. The minimum atomic E-state index is 0.638. The summed E-state index contributed by atoms with van der Waals surface area (Å²) in [6.45, 7) is 4.20. The molecule has 4 rings (SSSR count). The number of likely N-dealkylation sites (tertiary alicyclic amines) is 1. The average Bonchev–Trinajstić information content (AvgIpc) is 3.20. The number of nitrogens with one attached hydrogen (secondary N) is 1. The summed E-state index contributed by atoms with van der Waals surface area (Å²) in [6.07, 6.45) is 2.62. The standard InChI is InChI=1S/C14H18N4OS/c1-2-10-6-15-7-12(10)18(4-1)8-13-16-14(19-17-13)11-3-5-20-9-11/h3,5,9-10,12,15H,1-2,4,6-8H2. The van der Waals surface area contributed by atoms with Crippen LogP contribution in [0.1, 0.15) is 18.7 Å². The van der Waals surface area contributed by atoms with Crippen molar-refractivity contribution in [1.82, 2.24) is 20.4 Å². The second-order valence-electron chi connectivity index (χ2n) is 5.63. The summed E-state index contributed by atoms with van der Waals surface area (Å²) in [4.78, 5) is 7.04. The van der Waals surface area contributed by atoms with Crippen molar-refractivity contribution in [1.29, 1.82) is 0 Å². The molecule has 0 spiro atoms. The van der Waals surface area contributed by atoms with E-state index in [1.165, 1.54) is 12.8 Å². The largest absolute Gasteiger partial charge is 0.334 e. The Morgan fingerprint density at radius 1 is 1.45 bits per heavy atom. The fraction of sp³-hybridized carbons (Fsp3) is 0.571. The van der Waals surface area contributed by atoms with E-state index in [9.17, 15) is 0 Å². The van der Waals surface area contributed by atoms with Gasteiger partial charge in [0.15, 0.2) is 5.82 Å². The van der Waals surface area contributed by atoms with Crippen molar-refractivity contribution < 1.29 is 4.52 Å². The Morgan fingerprint density at radius 3 is 3.35 bits per heavy atom. The van der Waals surface area contributed by atoms with Crippen LogP contribution in [0.4, 0.5) is 0 Å². The Kier molecular flexibility index (Phi) is 3.29. The molecule has 0 saturated carbocycles. The molecule has 2 atom stereocenters. The van der Waals surface area contributed by atoms with Gasteiger partial charge in [0.1, 0.15) is 0 Å². The molecule has 0 amide bonds. The molecular formula is C14H18N4OS. The number of hydrogen-bond acceptors (Lipinski definition) is 6. The van der Waals surface area contributed by atoms with Crippen LogP contribution < -0.4 is 5.32 Å². The topological polar surface area (TPSA) is 54.2 Å². The van der Waals surface area contributed by atoms with E-state index in [0.29, 0.717) is 11.9 Å². The minimum Gasteiger partial charge on any atom is -0.334 e. The Bertz CT molecular complexity index is 568. The molecule has 2 saturated heterocycles. The van der Waals surface area contributed by atoms with Gasteiger partial charge in [0.25, 0.3) is 5.89 Å². The smallest absolute Gasteiger partial charge is 0.258 e. The van der Waals surface area contributed by atoms with Gasteiger partial charge in [-0.25, -0.2) is 0 Å². The van der Waals surface area contributed by atoms with Gasteiger partial charge in [-0.2, -0.15) is 16.3 Å². The van der Waals surface area contributed by atoms with Crippen LogP contribution in [-0.2, 0) is 6.54 Å². The van der Waals surface area contributed by atoms with Gasteiger partial charge in [0.05, 0.1) is 12.1 Å². The Balaban J connectivity index is 1.48. The molecule has 2 aliphatic rings. The van der Waals surface area contributed by atoms with Crippen LogP contribution >= 0.6 is 11.3 Å². The first-order valence-corrected chi connectivity index (χ1v) is 8.14. The molecule has 20 heavy (non-hydrogen) atoms. The van der Waals surface area contributed by atoms with Gasteiger partial charge in [0.2, 0.25) is 0 Å². The van der Waals surface area contributed by atoms with Gasteiger partial charge < -0.3 is 9.84 Å². The molecule has 0 radical (unpaired) electrons. The van der Waals surface area contributed by atoms with Crippen LogP contribution in [0, 0.1) is 5.92 Å². The van der Waals surface area contributed by atoms with E-state index in [4.69, 9.17) is 4.52 Å². The molecule has 2 unspecified atom stereocenters. The lowest BCUT2D eigenvalue weighted by atomic mass is 9.92. The summed E-state index contributed by atoms with van der Waals surface area (Å²) in [5, 5.41) is 11.7. The number of fused-ring (bicyclic) bond motifs is 1. The van der Waals surface area contributed by atoms with E-state index in [2.05, 4.69) is 20.4 Å². The summed E-state index contributed by atoms with van der Waals surface area (Å²) >= 11 is 1.65. The molecular weight excluding hydrogens is 272 g/mol. The normalized spacial score (nSPS) is 26.8. The van der Waals surface area contributed by atoms with Crippen molar-refractivity contribution in [3.05, 3.63) is 22.7 Å². The van der Waals surface area contributed by atoms with Crippen LogP contribution in [0.5, 0.6) is 0 Å². The third-order valence-electron chi connectivity index (χ3n) is 4.37. The minimum absolute atomic E-state index is 0.638. The lowest BCUT2D eigenvalue weighted by Crippen LogP contribution is -2.44. The highest BCUT2D eigenvalue weighted by Crippen LogP contribution is 2.28. The number of piperidine rings is 1. The second kappa shape index (κ2) is 5.27. The first kappa shape index (κ1) is 12.5. The molecule has 0 aromatic carbocycles. The summed E-state index contributed by atoms with van der Waals surface area (Å²) < 4.78 is 5.37. The first-order chi connectivity index (χ1) is 9.90.